The summed E-state index contributed by atoms with van der Waals surface area (Å²) in [5.41, 5.74) is 22.3. The van der Waals surface area contributed by atoms with Gasteiger partial charge in [-0.05, 0) is 103 Å². The molecule has 14 N–H and O–H groups in total. The molecule has 45 heavy (non-hydrogen) atoms. The molecule has 0 rings (SSSR count). The first-order valence-electron chi connectivity index (χ1n) is 15.5. The second-order valence-electron chi connectivity index (χ2n) is 10.8. The highest BCUT2D eigenvalue weighted by Gasteiger charge is 2.29. The maximum absolute atomic E-state index is 13.4. The minimum Gasteiger partial charge on any atom is -0.480 e. The zero-order valence-corrected chi connectivity index (χ0v) is 27.4. The zero-order chi connectivity index (χ0) is 34.2. The van der Waals surface area contributed by atoms with Gasteiger partial charge in [0.1, 0.15) is 24.2 Å². The third-order valence-corrected chi connectivity index (χ3v) is 7.46. The minimum atomic E-state index is -1.20. The number of hydrogen-bond donors (Lipinski definition) is 10. The zero-order valence-electron chi connectivity index (χ0n) is 26.6. The number of hydrogen-bond acceptors (Lipinski definition) is 11. The Bertz CT molecular complexity index is 927. The van der Waals surface area contributed by atoms with E-state index in [4.69, 9.17) is 22.9 Å². The summed E-state index contributed by atoms with van der Waals surface area (Å²) in [7, 11) is 0. The number of carboxylic acid groups (broad SMARTS) is 1. The van der Waals surface area contributed by atoms with Gasteiger partial charge in [-0.25, -0.2) is 4.79 Å². The summed E-state index contributed by atoms with van der Waals surface area (Å²) in [5, 5.41) is 22.4. The van der Waals surface area contributed by atoms with Crippen molar-refractivity contribution < 1.29 is 33.9 Å². The van der Waals surface area contributed by atoms with Crippen LogP contribution in [0.4, 0.5) is 0 Å². The number of rotatable bonds is 26. The van der Waals surface area contributed by atoms with Crippen LogP contribution >= 0.6 is 11.8 Å². The fourth-order valence-electron chi connectivity index (χ4n) is 4.16. The van der Waals surface area contributed by atoms with Gasteiger partial charge in [0.2, 0.25) is 29.5 Å². The molecule has 0 heterocycles. The van der Waals surface area contributed by atoms with Crippen LogP contribution in [-0.2, 0) is 28.8 Å². The lowest BCUT2D eigenvalue weighted by Crippen LogP contribution is -2.57. The maximum atomic E-state index is 13.4. The number of aliphatic carboxylic acids is 1. The molecule has 0 bridgehead atoms. The molecular formula is C28H55N9O7S. The summed E-state index contributed by atoms with van der Waals surface area (Å²) in [6.07, 6.45) is 6.01. The molecule has 0 aliphatic carbocycles. The van der Waals surface area contributed by atoms with Crippen molar-refractivity contribution in [3.05, 3.63) is 0 Å². The Balaban J connectivity index is 5.58. The van der Waals surface area contributed by atoms with E-state index in [1.54, 1.807) is 0 Å². The number of nitrogens with two attached hydrogens (primary N) is 4. The first kappa shape index (κ1) is 42.0. The van der Waals surface area contributed by atoms with Gasteiger partial charge in [0.25, 0.3) is 0 Å². The molecule has 0 saturated carbocycles. The molecule has 16 nitrogen and oxygen atoms in total. The summed E-state index contributed by atoms with van der Waals surface area (Å²) < 4.78 is 0. The quantitative estimate of drug-likeness (QED) is 0.0435. The molecule has 5 unspecified atom stereocenters. The molecule has 260 valence electrons. The van der Waals surface area contributed by atoms with E-state index < -0.39 is 72.3 Å². The Morgan fingerprint density at radius 1 is 0.622 bits per heavy atom. The number of amides is 5. The van der Waals surface area contributed by atoms with E-state index in [1.807, 2.05) is 6.26 Å². The highest BCUT2D eigenvalue weighted by molar-refractivity contribution is 7.98. The van der Waals surface area contributed by atoms with Gasteiger partial charge in [0.05, 0.1) is 12.6 Å². The largest absolute Gasteiger partial charge is 0.480 e. The van der Waals surface area contributed by atoms with Gasteiger partial charge in [-0.15, -0.1) is 0 Å². The Kier molecular flexibility index (Phi) is 23.6. The van der Waals surface area contributed by atoms with Gasteiger partial charge >= 0.3 is 5.97 Å². The molecule has 5 atom stereocenters. The summed E-state index contributed by atoms with van der Waals surface area (Å²) in [5.74, 6) is -3.67. The van der Waals surface area contributed by atoms with E-state index in [1.165, 1.54) is 18.7 Å². The third-order valence-electron chi connectivity index (χ3n) is 6.82. The predicted octanol–water partition coefficient (Wildman–Crippen LogP) is -2.39. The van der Waals surface area contributed by atoms with Crippen molar-refractivity contribution in [1.29, 1.82) is 0 Å². The van der Waals surface area contributed by atoms with E-state index in [0.717, 1.165) is 0 Å². The van der Waals surface area contributed by atoms with Crippen LogP contribution in [0.15, 0.2) is 0 Å². The van der Waals surface area contributed by atoms with Crippen LogP contribution in [0, 0.1) is 0 Å². The van der Waals surface area contributed by atoms with Crippen molar-refractivity contribution in [2.45, 2.75) is 101 Å². The topological polar surface area (TPSA) is 287 Å². The lowest BCUT2D eigenvalue weighted by Gasteiger charge is -2.25. The SMILES string of the molecule is CSCCC(NC(=O)C(C)N)C(=O)NCC(=O)NC(CCCCN)C(=O)NC(CCCCN)C(=O)NC(CCCCN)C(=O)O. The normalized spacial score (nSPS) is 14.3. The molecule has 0 aromatic rings. The number of thioether (sulfide) groups is 1. The summed E-state index contributed by atoms with van der Waals surface area (Å²) >= 11 is 1.49. The van der Waals surface area contributed by atoms with Gasteiger partial charge in [-0.1, -0.05) is 0 Å². The van der Waals surface area contributed by atoms with Crippen LogP contribution in [0.1, 0.15) is 71.1 Å². The van der Waals surface area contributed by atoms with E-state index >= 15 is 0 Å². The first-order chi connectivity index (χ1) is 21.4. The second-order valence-corrected chi connectivity index (χ2v) is 11.8. The Morgan fingerprint density at radius 3 is 1.49 bits per heavy atom. The fourth-order valence-corrected chi connectivity index (χ4v) is 4.63. The molecule has 0 aromatic carbocycles. The van der Waals surface area contributed by atoms with Gasteiger partial charge in [0, 0.05) is 0 Å². The van der Waals surface area contributed by atoms with Crippen LogP contribution in [0.25, 0.3) is 0 Å². The highest BCUT2D eigenvalue weighted by atomic mass is 32.2. The van der Waals surface area contributed by atoms with Crippen LogP contribution < -0.4 is 49.5 Å². The summed E-state index contributed by atoms with van der Waals surface area (Å²) in [4.78, 5) is 75.9. The van der Waals surface area contributed by atoms with Crippen LogP contribution in [0.2, 0.25) is 0 Å². The highest BCUT2D eigenvalue weighted by Crippen LogP contribution is 2.08. The molecule has 0 radical (unpaired) electrons. The molecule has 0 saturated heterocycles. The average molecular weight is 662 g/mol. The van der Waals surface area contributed by atoms with Crippen molar-refractivity contribution >= 4 is 47.3 Å². The molecule has 0 aromatic heterocycles. The number of carbonyl (C=O) groups is 6. The molecule has 0 spiro atoms. The third kappa shape index (κ3) is 19.2. The lowest BCUT2D eigenvalue weighted by atomic mass is 10.0. The van der Waals surface area contributed by atoms with Gasteiger partial charge < -0.3 is 54.6 Å². The molecule has 0 fully saturated rings. The lowest BCUT2D eigenvalue weighted by molar-refractivity contribution is -0.142. The van der Waals surface area contributed by atoms with Crippen LogP contribution in [0.5, 0.6) is 0 Å². The van der Waals surface area contributed by atoms with Crippen molar-refractivity contribution in [1.82, 2.24) is 26.6 Å². The van der Waals surface area contributed by atoms with Gasteiger partial charge in [-0.3, -0.25) is 24.0 Å². The average Bonchev–Trinajstić information content (AvgIpc) is 3.00. The molecule has 0 aliphatic heterocycles. The molecule has 0 aliphatic rings. The number of unbranched alkanes of at least 4 members (excludes halogenated alkanes) is 3. The number of carboxylic acids is 1. The summed E-state index contributed by atoms with van der Waals surface area (Å²) in [6, 6.07) is -5.00. The minimum absolute atomic E-state index is 0.179. The van der Waals surface area contributed by atoms with E-state index in [0.29, 0.717) is 70.3 Å². The van der Waals surface area contributed by atoms with Crippen LogP contribution in [-0.4, -0.2) is 109 Å². The van der Waals surface area contributed by atoms with Crippen molar-refractivity contribution in [3.8, 4) is 0 Å². The Morgan fingerprint density at radius 2 is 1.04 bits per heavy atom. The molecular weight excluding hydrogens is 606 g/mol. The van der Waals surface area contributed by atoms with Crippen molar-refractivity contribution in [2.75, 3.05) is 38.2 Å². The second kappa shape index (κ2) is 25.2. The predicted molar refractivity (Wildman–Crippen MR) is 174 cm³/mol. The Hall–Kier alpha value is -2.99. The Labute approximate surface area is 270 Å². The van der Waals surface area contributed by atoms with E-state index in [2.05, 4.69) is 26.6 Å². The smallest absolute Gasteiger partial charge is 0.326 e. The van der Waals surface area contributed by atoms with E-state index in [-0.39, 0.29) is 19.3 Å². The first-order valence-corrected chi connectivity index (χ1v) is 16.9. The van der Waals surface area contributed by atoms with E-state index in [9.17, 15) is 33.9 Å². The fraction of sp³-hybridized carbons (Fsp3) is 0.786. The van der Waals surface area contributed by atoms with Crippen molar-refractivity contribution in [2.24, 2.45) is 22.9 Å². The molecule has 17 heteroatoms. The van der Waals surface area contributed by atoms with Gasteiger partial charge in [-0.2, -0.15) is 11.8 Å². The standard InChI is InChI=1S/C28H55N9O7S/c1-18(32)24(39)35-21(12-16-45-2)25(40)33-17-23(38)34-19(9-3-6-13-29)26(41)36-20(10-4-7-14-30)27(42)37-22(28(43)44)11-5-8-15-31/h18-22H,3-17,29-32H2,1-2H3,(H,33,40)(H,34,38)(H,35,39)(H,36,41)(H,37,42)(H,43,44). The van der Waals surface area contributed by atoms with Crippen molar-refractivity contribution in [3.63, 3.8) is 0 Å². The monoisotopic (exact) mass is 661 g/mol. The number of carbonyl (C=O) groups excluding carboxylic acids is 5. The maximum Gasteiger partial charge on any atom is 0.326 e. The molecule has 5 amide bonds. The van der Waals surface area contributed by atoms with Gasteiger partial charge in [0.15, 0.2) is 0 Å². The number of nitrogens with one attached hydrogen (secondary N) is 5. The van der Waals surface area contributed by atoms with Crippen LogP contribution in [0.3, 0.4) is 0 Å². The summed E-state index contributed by atoms with van der Waals surface area (Å²) in [6.45, 7) is 2.15.